The lowest BCUT2D eigenvalue weighted by Gasteiger charge is -2.35. The molecular formula is C12H14FN3O3S. The normalized spacial score (nSPS) is 22.6. The van der Waals surface area contributed by atoms with Crippen LogP contribution in [0.1, 0.15) is 17.2 Å². The maximum atomic E-state index is 14.2. The molecule has 2 rings (SSSR count). The lowest BCUT2D eigenvalue weighted by molar-refractivity contribution is 0.122. The first-order valence-corrected chi connectivity index (χ1v) is 7.12. The lowest BCUT2D eigenvalue weighted by atomic mass is 10.1. The van der Waals surface area contributed by atoms with Crippen LogP contribution in [0.3, 0.4) is 0 Å². The predicted octanol–water partition coefficient (Wildman–Crippen LogP) is -0.0689. The highest BCUT2D eigenvalue weighted by atomic mass is 32.2. The van der Waals surface area contributed by atoms with Gasteiger partial charge in [0.25, 0.3) is 0 Å². The van der Waals surface area contributed by atoms with Crippen LogP contribution in [0.25, 0.3) is 0 Å². The van der Waals surface area contributed by atoms with Crippen LogP contribution in [0.4, 0.5) is 4.39 Å². The number of alkyl halides is 1. The number of benzene rings is 1. The maximum absolute atomic E-state index is 14.2. The maximum Gasteiger partial charge on any atom is 0.340 e. The molecule has 1 aliphatic rings. The Kier molecular flexibility index (Phi) is 3.58. The van der Waals surface area contributed by atoms with E-state index in [0.29, 0.717) is 11.1 Å². The van der Waals surface area contributed by atoms with Crippen molar-refractivity contribution in [2.75, 3.05) is 0 Å². The average molecular weight is 299 g/mol. The van der Waals surface area contributed by atoms with Gasteiger partial charge in [0.2, 0.25) is 5.79 Å². The molecule has 0 fully saturated rings. The Morgan fingerprint density at radius 1 is 1.45 bits per heavy atom. The molecule has 0 saturated heterocycles. The van der Waals surface area contributed by atoms with Crippen LogP contribution in [0, 0.1) is 12.3 Å². The first-order chi connectivity index (χ1) is 9.18. The number of rotatable bonds is 3. The summed E-state index contributed by atoms with van der Waals surface area (Å²) in [4.78, 5) is 0. The fraction of sp³-hybridized carbons (Fsp3) is 0.333. The van der Waals surface area contributed by atoms with E-state index >= 15 is 0 Å². The molecular weight excluding hydrogens is 285 g/mol. The van der Waals surface area contributed by atoms with Gasteiger partial charge in [-0.2, -0.15) is 8.42 Å². The minimum absolute atomic E-state index is 0.00644. The zero-order chi connectivity index (χ0) is 15.1. The SMILES string of the molecule is C#CC(N)(N)N(C1c2ccccc2CC1F)S(=O)(=O)O. The third-order valence-electron chi connectivity index (χ3n) is 3.23. The van der Waals surface area contributed by atoms with Gasteiger partial charge in [0, 0.05) is 6.42 Å². The van der Waals surface area contributed by atoms with E-state index in [4.69, 9.17) is 17.9 Å². The van der Waals surface area contributed by atoms with Crippen LogP contribution in [0.2, 0.25) is 0 Å². The highest BCUT2D eigenvalue weighted by molar-refractivity contribution is 7.83. The number of terminal acetylenes is 1. The molecule has 8 heteroatoms. The number of hydrogen-bond donors (Lipinski definition) is 3. The smallest absolute Gasteiger partial charge is 0.289 e. The molecule has 2 atom stereocenters. The number of hydrogen-bond acceptors (Lipinski definition) is 4. The van der Waals surface area contributed by atoms with Crippen molar-refractivity contribution in [2.45, 2.75) is 24.4 Å². The van der Waals surface area contributed by atoms with Crippen molar-refractivity contribution in [3.8, 4) is 12.3 Å². The first-order valence-electron chi connectivity index (χ1n) is 5.73. The molecule has 0 spiro atoms. The standard InChI is InChI=1S/C12H14FN3O3S/c1-2-12(14,15)16(20(17,18)19)11-9-6-4-3-5-8(9)7-10(11)13/h1,3-6,10-11H,7,14-15H2,(H,17,18,19). The van der Waals surface area contributed by atoms with Gasteiger partial charge in [-0.05, 0) is 11.1 Å². The summed E-state index contributed by atoms with van der Waals surface area (Å²) in [6.07, 6.45) is 3.49. The van der Waals surface area contributed by atoms with Gasteiger partial charge in [-0.15, -0.1) is 10.7 Å². The van der Waals surface area contributed by atoms with E-state index in [0.717, 1.165) is 0 Å². The molecule has 1 aromatic carbocycles. The molecule has 0 aliphatic heterocycles. The Hall–Kier alpha value is -1.50. The Morgan fingerprint density at radius 3 is 2.60 bits per heavy atom. The molecule has 2 unspecified atom stereocenters. The molecule has 0 bridgehead atoms. The molecule has 6 nitrogen and oxygen atoms in total. The van der Waals surface area contributed by atoms with E-state index < -0.39 is 28.3 Å². The molecule has 0 aromatic heterocycles. The van der Waals surface area contributed by atoms with Gasteiger partial charge in [-0.1, -0.05) is 30.2 Å². The third-order valence-corrected chi connectivity index (χ3v) is 4.25. The van der Waals surface area contributed by atoms with E-state index in [1.165, 1.54) is 0 Å². The van der Waals surface area contributed by atoms with E-state index in [-0.39, 0.29) is 10.7 Å². The number of nitrogens with zero attached hydrogens (tertiary/aromatic N) is 1. The highest BCUT2D eigenvalue weighted by Gasteiger charge is 2.48. The monoisotopic (exact) mass is 299 g/mol. The second kappa shape index (κ2) is 4.80. The molecule has 0 saturated carbocycles. The summed E-state index contributed by atoms with van der Waals surface area (Å²) in [6.45, 7) is 0. The second-order valence-corrected chi connectivity index (χ2v) is 5.90. The third kappa shape index (κ3) is 2.42. The summed E-state index contributed by atoms with van der Waals surface area (Å²) in [5, 5.41) is 0. The summed E-state index contributed by atoms with van der Waals surface area (Å²) in [7, 11) is -4.89. The molecule has 108 valence electrons. The van der Waals surface area contributed by atoms with E-state index in [2.05, 4.69) is 0 Å². The van der Waals surface area contributed by atoms with Gasteiger partial charge in [-0.25, -0.2) is 4.39 Å². The van der Waals surface area contributed by atoms with Crippen LogP contribution >= 0.6 is 0 Å². The van der Waals surface area contributed by atoms with Crippen LogP contribution in [0.15, 0.2) is 24.3 Å². The number of fused-ring (bicyclic) bond motifs is 1. The van der Waals surface area contributed by atoms with Crippen molar-refractivity contribution < 1.29 is 17.4 Å². The number of nitrogens with two attached hydrogens (primary N) is 2. The van der Waals surface area contributed by atoms with E-state index in [1.807, 2.05) is 5.92 Å². The van der Waals surface area contributed by atoms with Crippen molar-refractivity contribution in [2.24, 2.45) is 11.5 Å². The van der Waals surface area contributed by atoms with Crippen LogP contribution in [-0.4, -0.2) is 29.2 Å². The predicted molar refractivity (Wildman–Crippen MR) is 71.1 cm³/mol. The molecule has 5 N–H and O–H groups in total. The van der Waals surface area contributed by atoms with Crippen LogP contribution in [-0.2, 0) is 16.7 Å². The summed E-state index contributed by atoms with van der Waals surface area (Å²) in [6, 6.07) is 5.17. The van der Waals surface area contributed by atoms with E-state index in [1.54, 1.807) is 24.3 Å². The Labute approximate surface area is 116 Å². The summed E-state index contributed by atoms with van der Waals surface area (Å²) >= 11 is 0. The molecule has 0 heterocycles. The topological polar surface area (TPSA) is 110 Å². The zero-order valence-corrected chi connectivity index (χ0v) is 11.2. The number of halogens is 1. The van der Waals surface area contributed by atoms with Crippen LogP contribution < -0.4 is 11.5 Å². The quantitative estimate of drug-likeness (QED) is 0.411. The first kappa shape index (κ1) is 14.9. The average Bonchev–Trinajstić information content (AvgIpc) is 2.65. The minimum Gasteiger partial charge on any atom is -0.289 e. The Balaban J connectivity index is 2.60. The van der Waals surface area contributed by atoms with Crippen molar-refractivity contribution in [1.29, 1.82) is 0 Å². The van der Waals surface area contributed by atoms with Gasteiger partial charge < -0.3 is 0 Å². The molecule has 1 aliphatic carbocycles. The Morgan fingerprint density at radius 2 is 2.05 bits per heavy atom. The summed E-state index contributed by atoms with van der Waals surface area (Å²) < 4.78 is 46.9. The van der Waals surface area contributed by atoms with Gasteiger partial charge >= 0.3 is 10.3 Å². The molecule has 0 radical (unpaired) electrons. The van der Waals surface area contributed by atoms with Crippen molar-refractivity contribution in [1.82, 2.24) is 4.31 Å². The van der Waals surface area contributed by atoms with Gasteiger partial charge in [0.05, 0.1) is 6.04 Å². The summed E-state index contributed by atoms with van der Waals surface area (Å²) in [5.74, 6) is -0.481. The molecule has 1 aromatic rings. The van der Waals surface area contributed by atoms with Gasteiger partial charge in [-0.3, -0.25) is 16.0 Å². The van der Waals surface area contributed by atoms with Crippen molar-refractivity contribution >= 4 is 10.3 Å². The zero-order valence-electron chi connectivity index (χ0n) is 10.4. The van der Waals surface area contributed by atoms with Gasteiger partial charge in [0.1, 0.15) is 6.17 Å². The van der Waals surface area contributed by atoms with Crippen molar-refractivity contribution in [3.63, 3.8) is 0 Å². The van der Waals surface area contributed by atoms with E-state index in [9.17, 15) is 17.4 Å². The fourth-order valence-electron chi connectivity index (χ4n) is 2.43. The highest BCUT2D eigenvalue weighted by Crippen LogP contribution is 2.40. The second-order valence-electron chi connectivity index (χ2n) is 4.61. The Bertz CT molecular complexity index is 669. The lowest BCUT2D eigenvalue weighted by Crippen LogP contribution is -2.65. The molecule has 20 heavy (non-hydrogen) atoms. The summed E-state index contributed by atoms with van der Waals surface area (Å²) in [5.41, 5.74) is 12.0. The van der Waals surface area contributed by atoms with Crippen LogP contribution in [0.5, 0.6) is 0 Å². The fourth-order valence-corrected chi connectivity index (χ4v) is 3.39. The van der Waals surface area contributed by atoms with Gasteiger partial charge in [0.15, 0.2) is 0 Å². The molecule has 0 amide bonds. The van der Waals surface area contributed by atoms with Crippen molar-refractivity contribution in [3.05, 3.63) is 35.4 Å². The minimum atomic E-state index is -4.89. The largest absolute Gasteiger partial charge is 0.340 e.